The minimum Gasteiger partial charge on any atom is -0.381 e. The van der Waals surface area contributed by atoms with Gasteiger partial charge in [-0.25, -0.2) is 0 Å². The first-order valence-electron chi connectivity index (χ1n) is 6.30. The van der Waals surface area contributed by atoms with Crippen molar-refractivity contribution >= 4 is 17.5 Å². The van der Waals surface area contributed by atoms with Crippen molar-refractivity contribution in [1.82, 2.24) is 15.2 Å². The molecule has 0 radical (unpaired) electrons. The lowest BCUT2D eigenvalue weighted by atomic mass is 10.1. The fraction of sp³-hybridized carbons (Fsp3) is 0.385. The average molecular weight is 279 g/mol. The zero-order valence-electron chi connectivity index (χ0n) is 10.4. The van der Waals surface area contributed by atoms with E-state index in [-0.39, 0.29) is 0 Å². The Morgan fingerprint density at radius 3 is 3.11 bits per heavy atom. The molecule has 100 valence electrons. The number of hydrogen-bond acceptors (Lipinski definition) is 4. The molecule has 0 spiro atoms. The largest absolute Gasteiger partial charge is 0.381 e. The molecule has 1 atom stereocenters. The molecule has 5 nitrogen and oxygen atoms in total. The van der Waals surface area contributed by atoms with E-state index in [0.29, 0.717) is 18.4 Å². The molecule has 1 unspecified atom stereocenters. The van der Waals surface area contributed by atoms with Gasteiger partial charge >= 0.3 is 0 Å². The Morgan fingerprint density at radius 2 is 2.32 bits per heavy atom. The number of nitrogens with zero attached hydrogens (tertiary/aromatic N) is 2. The van der Waals surface area contributed by atoms with Gasteiger partial charge in [-0.05, 0) is 18.1 Å². The molecule has 2 heterocycles. The molecule has 0 bridgehead atoms. The molecule has 1 aliphatic heterocycles. The third-order valence-electron chi connectivity index (χ3n) is 3.21. The Balaban J connectivity index is 1.63. The van der Waals surface area contributed by atoms with Crippen LogP contribution in [-0.4, -0.2) is 28.4 Å². The number of rotatable bonds is 4. The van der Waals surface area contributed by atoms with Gasteiger partial charge in [0.1, 0.15) is 5.82 Å². The van der Waals surface area contributed by atoms with Crippen LogP contribution in [0.4, 0.5) is 5.95 Å². The number of benzene rings is 1. The monoisotopic (exact) mass is 278 g/mol. The number of nitrogens with one attached hydrogen (secondary N) is 2. The molecule has 1 aliphatic rings. The topological polar surface area (TPSA) is 62.8 Å². The summed E-state index contributed by atoms with van der Waals surface area (Å²) < 4.78 is 5.34. The highest BCUT2D eigenvalue weighted by atomic mass is 35.5. The molecule has 1 aromatic carbocycles. The summed E-state index contributed by atoms with van der Waals surface area (Å²) in [6, 6.07) is 7.73. The highest BCUT2D eigenvalue weighted by molar-refractivity contribution is 6.31. The molecule has 2 aromatic rings. The van der Waals surface area contributed by atoms with Gasteiger partial charge in [0.05, 0.1) is 6.61 Å². The minimum absolute atomic E-state index is 0.336. The number of aromatic nitrogens is 3. The summed E-state index contributed by atoms with van der Waals surface area (Å²) >= 11 is 6.09. The number of hydrogen-bond donors (Lipinski definition) is 2. The second-order valence-electron chi connectivity index (χ2n) is 4.55. The van der Waals surface area contributed by atoms with E-state index in [2.05, 4.69) is 20.5 Å². The maximum Gasteiger partial charge on any atom is 0.242 e. The normalized spacial score (nSPS) is 18.7. The Morgan fingerprint density at radius 1 is 1.42 bits per heavy atom. The molecular formula is C13H15ClN4O. The number of H-pyrrole nitrogens is 1. The average Bonchev–Trinajstić information content (AvgIpc) is 3.09. The van der Waals surface area contributed by atoms with E-state index in [0.717, 1.165) is 36.0 Å². The molecule has 19 heavy (non-hydrogen) atoms. The predicted molar refractivity (Wildman–Crippen MR) is 73.3 cm³/mol. The zero-order valence-corrected chi connectivity index (χ0v) is 11.2. The van der Waals surface area contributed by atoms with Crippen LogP contribution in [0.1, 0.15) is 23.7 Å². The van der Waals surface area contributed by atoms with E-state index < -0.39 is 0 Å². The first-order chi connectivity index (χ1) is 9.33. The Hall–Kier alpha value is -1.59. The van der Waals surface area contributed by atoms with Crippen LogP contribution in [-0.2, 0) is 11.3 Å². The highest BCUT2D eigenvalue weighted by Crippen LogP contribution is 2.22. The van der Waals surface area contributed by atoms with E-state index in [9.17, 15) is 0 Å². The molecule has 1 saturated heterocycles. The highest BCUT2D eigenvalue weighted by Gasteiger charge is 2.21. The van der Waals surface area contributed by atoms with Gasteiger partial charge in [-0.1, -0.05) is 29.8 Å². The second kappa shape index (κ2) is 5.59. The van der Waals surface area contributed by atoms with E-state index in [1.807, 2.05) is 24.3 Å². The van der Waals surface area contributed by atoms with Gasteiger partial charge in [0.2, 0.25) is 5.95 Å². The summed E-state index contributed by atoms with van der Waals surface area (Å²) in [4.78, 5) is 4.44. The van der Waals surface area contributed by atoms with Gasteiger partial charge in [0, 0.05) is 24.1 Å². The van der Waals surface area contributed by atoms with E-state index >= 15 is 0 Å². The standard InChI is InChI=1S/C13H15ClN4O/c14-11-4-2-1-3-9(11)7-15-13-16-12(17-18-13)10-5-6-19-8-10/h1-4,10H,5-8H2,(H2,15,16,17,18). The van der Waals surface area contributed by atoms with Gasteiger partial charge in [0.25, 0.3) is 0 Å². The van der Waals surface area contributed by atoms with Crippen LogP contribution >= 0.6 is 11.6 Å². The molecule has 0 aliphatic carbocycles. The summed E-state index contributed by atoms with van der Waals surface area (Å²) in [5.41, 5.74) is 1.03. The van der Waals surface area contributed by atoms with Crippen molar-refractivity contribution in [1.29, 1.82) is 0 Å². The minimum atomic E-state index is 0.336. The molecule has 1 aromatic heterocycles. The fourth-order valence-electron chi connectivity index (χ4n) is 2.10. The molecule has 1 fully saturated rings. The van der Waals surface area contributed by atoms with Crippen molar-refractivity contribution in [2.45, 2.75) is 18.9 Å². The number of halogens is 1. The summed E-state index contributed by atoms with van der Waals surface area (Å²) in [6.07, 6.45) is 0.999. The van der Waals surface area contributed by atoms with E-state index in [1.165, 1.54) is 0 Å². The van der Waals surface area contributed by atoms with Crippen LogP contribution in [0.15, 0.2) is 24.3 Å². The van der Waals surface area contributed by atoms with Crippen molar-refractivity contribution < 1.29 is 4.74 Å². The quantitative estimate of drug-likeness (QED) is 0.902. The lowest BCUT2D eigenvalue weighted by molar-refractivity contribution is 0.193. The summed E-state index contributed by atoms with van der Waals surface area (Å²) in [5.74, 6) is 1.82. The van der Waals surface area contributed by atoms with Crippen LogP contribution in [0.5, 0.6) is 0 Å². The van der Waals surface area contributed by atoms with Crippen LogP contribution in [0.2, 0.25) is 5.02 Å². The van der Waals surface area contributed by atoms with Crippen LogP contribution < -0.4 is 5.32 Å². The fourth-order valence-corrected chi connectivity index (χ4v) is 2.30. The number of ether oxygens (including phenoxy) is 1. The Labute approximate surface area is 116 Å². The third kappa shape index (κ3) is 2.88. The Bertz CT molecular complexity index is 551. The van der Waals surface area contributed by atoms with Gasteiger partial charge in [-0.15, -0.1) is 5.10 Å². The summed E-state index contributed by atoms with van der Waals surface area (Å²) in [6.45, 7) is 2.13. The van der Waals surface area contributed by atoms with Crippen molar-refractivity contribution in [2.24, 2.45) is 0 Å². The van der Waals surface area contributed by atoms with Gasteiger partial charge in [-0.3, -0.25) is 5.10 Å². The Kier molecular flexibility index (Phi) is 3.66. The zero-order chi connectivity index (χ0) is 13.1. The van der Waals surface area contributed by atoms with E-state index in [4.69, 9.17) is 16.3 Å². The summed E-state index contributed by atoms with van der Waals surface area (Å²) in [7, 11) is 0. The lowest BCUT2D eigenvalue weighted by Gasteiger charge is -2.04. The molecule has 0 amide bonds. The molecular weight excluding hydrogens is 264 g/mol. The van der Waals surface area contributed by atoms with Crippen LogP contribution in [0, 0.1) is 0 Å². The molecule has 3 rings (SSSR count). The van der Waals surface area contributed by atoms with E-state index in [1.54, 1.807) is 0 Å². The smallest absolute Gasteiger partial charge is 0.242 e. The van der Waals surface area contributed by atoms with Crippen molar-refractivity contribution in [3.63, 3.8) is 0 Å². The van der Waals surface area contributed by atoms with Crippen molar-refractivity contribution in [2.75, 3.05) is 18.5 Å². The van der Waals surface area contributed by atoms with Gasteiger partial charge < -0.3 is 10.1 Å². The van der Waals surface area contributed by atoms with Crippen molar-refractivity contribution in [3.8, 4) is 0 Å². The van der Waals surface area contributed by atoms with Gasteiger partial charge in [-0.2, -0.15) is 4.98 Å². The molecule has 0 saturated carbocycles. The summed E-state index contributed by atoms with van der Waals surface area (Å²) in [5, 5.41) is 11.0. The first kappa shape index (κ1) is 12.4. The molecule has 6 heteroatoms. The maximum atomic E-state index is 6.09. The molecule has 2 N–H and O–H groups in total. The SMILES string of the molecule is Clc1ccccc1CNc1n[nH]c(C2CCOC2)n1. The van der Waals surface area contributed by atoms with Crippen LogP contribution in [0.25, 0.3) is 0 Å². The maximum absolute atomic E-state index is 6.09. The third-order valence-corrected chi connectivity index (χ3v) is 3.58. The second-order valence-corrected chi connectivity index (χ2v) is 4.96. The van der Waals surface area contributed by atoms with Gasteiger partial charge in [0.15, 0.2) is 0 Å². The van der Waals surface area contributed by atoms with Crippen molar-refractivity contribution in [3.05, 3.63) is 40.7 Å². The predicted octanol–water partition coefficient (Wildman–Crippen LogP) is 2.57. The number of aromatic amines is 1. The first-order valence-corrected chi connectivity index (χ1v) is 6.68. The van der Waals surface area contributed by atoms with Crippen LogP contribution in [0.3, 0.4) is 0 Å². The number of anilines is 1. The lowest BCUT2D eigenvalue weighted by Crippen LogP contribution is -2.02.